The molecule has 43 heavy (non-hydrogen) atoms. The Kier molecular flexibility index (Phi) is 13.5. The molecule has 0 amide bonds. The van der Waals surface area contributed by atoms with Gasteiger partial charge in [-0.25, -0.2) is 0 Å². The summed E-state index contributed by atoms with van der Waals surface area (Å²) in [5, 5.41) is 13.2. The number of aliphatic carboxylic acids is 1. The summed E-state index contributed by atoms with van der Waals surface area (Å²) in [5.74, 6) is -0.770. The lowest BCUT2D eigenvalue weighted by Gasteiger charge is -2.40. The van der Waals surface area contributed by atoms with Crippen LogP contribution in [0, 0.1) is 0 Å². The summed E-state index contributed by atoms with van der Waals surface area (Å²) in [6.07, 6.45) is 4.55. The van der Waals surface area contributed by atoms with Crippen LogP contribution in [0.5, 0.6) is 0 Å². The number of benzene rings is 2. The van der Waals surface area contributed by atoms with E-state index in [1.165, 1.54) is 23.6 Å². The summed E-state index contributed by atoms with van der Waals surface area (Å²) >= 11 is 0. The number of hydrogen-bond donors (Lipinski definition) is 1. The minimum atomic E-state index is -1.17. The van der Waals surface area contributed by atoms with Gasteiger partial charge in [0.05, 0.1) is 30.6 Å². The van der Waals surface area contributed by atoms with Crippen molar-refractivity contribution >= 4 is 33.9 Å². The zero-order chi connectivity index (χ0) is 32.6. The lowest BCUT2D eigenvalue weighted by molar-refractivity contribution is -0.161. The van der Waals surface area contributed by atoms with Crippen LogP contribution in [0.2, 0.25) is 20.2 Å². The highest BCUT2D eigenvalue weighted by Crippen LogP contribution is 2.42. The molecule has 0 aromatic heterocycles. The van der Waals surface area contributed by atoms with Crippen molar-refractivity contribution in [1.29, 1.82) is 0 Å². The largest absolute Gasteiger partial charge is 0.481 e. The molecule has 0 saturated carbocycles. The number of carboxylic acid groups (broad SMARTS) is 1. The van der Waals surface area contributed by atoms with E-state index in [-0.39, 0.29) is 12.7 Å². The first-order valence-electron chi connectivity index (χ1n) is 16.3. The molecule has 1 heterocycles. The van der Waals surface area contributed by atoms with Gasteiger partial charge in [0.25, 0.3) is 0 Å². The van der Waals surface area contributed by atoms with Gasteiger partial charge in [-0.1, -0.05) is 142 Å². The summed E-state index contributed by atoms with van der Waals surface area (Å²) in [6.45, 7) is 29.9. The molecule has 1 fully saturated rings. The molecule has 1 saturated heterocycles. The zero-order valence-electron chi connectivity index (χ0n) is 29.5. The molecular formula is C37H62O4Si2. The quantitative estimate of drug-likeness (QED) is 0.301. The molecule has 1 aliphatic heterocycles. The molecule has 1 atom stereocenters. The molecule has 0 spiro atoms. The van der Waals surface area contributed by atoms with E-state index in [0.717, 1.165) is 31.6 Å². The van der Waals surface area contributed by atoms with Gasteiger partial charge in [0.15, 0.2) is 6.29 Å². The molecule has 4 nitrogen and oxygen atoms in total. The molecule has 1 N–H and O–H groups in total. The molecule has 0 radical (unpaired) electrons. The van der Waals surface area contributed by atoms with Gasteiger partial charge in [0.2, 0.25) is 0 Å². The molecule has 2 aromatic rings. The highest BCUT2D eigenvalue weighted by atomic mass is 28.3. The van der Waals surface area contributed by atoms with Crippen molar-refractivity contribution in [3.63, 3.8) is 0 Å². The second kappa shape index (κ2) is 15.5. The second-order valence-electron chi connectivity index (χ2n) is 16.8. The maximum atomic E-state index is 10.7. The maximum absolute atomic E-state index is 10.7. The predicted molar refractivity (Wildman–Crippen MR) is 190 cm³/mol. The molecule has 0 bridgehead atoms. The predicted octanol–water partition coefficient (Wildman–Crippen LogP) is 8.15. The van der Waals surface area contributed by atoms with E-state index >= 15 is 0 Å². The number of carboxylic acids is 1. The third kappa shape index (κ3) is 12.7. The van der Waals surface area contributed by atoms with Gasteiger partial charge in [-0.2, -0.15) is 0 Å². The normalized spacial score (nSPS) is 16.7. The van der Waals surface area contributed by atoms with E-state index < -0.39 is 23.6 Å². The van der Waals surface area contributed by atoms with E-state index in [0.29, 0.717) is 20.2 Å². The Labute approximate surface area is 267 Å². The molecular weight excluding hydrogens is 565 g/mol. The van der Waals surface area contributed by atoms with Crippen LogP contribution in [-0.2, 0) is 27.1 Å². The molecule has 242 valence electrons. The fourth-order valence-corrected chi connectivity index (χ4v) is 18.0. The Bertz CT molecular complexity index is 1080. The number of carbonyl (C=O) groups is 1. The Morgan fingerprint density at radius 1 is 0.721 bits per heavy atom. The third-order valence-electron chi connectivity index (χ3n) is 8.28. The van der Waals surface area contributed by atoms with E-state index in [9.17, 15) is 4.79 Å². The van der Waals surface area contributed by atoms with Crippen molar-refractivity contribution in [1.82, 2.24) is 0 Å². The number of hydrogen-bond acceptors (Lipinski definition) is 3. The average molecular weight is 627 g/mol. The summed E-state index contributed by atoms with van der Waals surface area (Å²) in [7, 11) is -2.26. The fraction of sp³-hybridized carbons (Fsp3) is 0.649. The van der Waals surface area contributed by atoms with E-state index in [4.69, 9.17) is 14.6 Å². The minimum Gasteiger partial charge on any atom is -0.481 e. The van der Waals surface area contributed by atoms with Crippen molar-refractivity contribution in [2.24, 2.45) is 0 Å². The Hall–Kier alpha value is -1.74. The van der Waals surface area contributed by atoms with Crippen LogP contribution in [0.25, 0.3) is 0 Å². The van der Waals surface area contributed by atoms with Crippen LogP contribution in [0.1, 0.15) is 113 Å². The van der Waals surface area contributed by atoms with Crippen molar-refractivity contribution < 1.29 is 19.4 Å². The van der Waals surface area contributed by atoms with Crippen LogP contribution in [-0.4, -0.2) is 48.2 Å². The van der Waals surface area contributed by atoms with Crippen LogP contribution in [0.4, 0.5) is 0 Å². The van der Waals surface area contributed by atoms with Crippen molar-refractivity contribution in [2.75, 3.05) is 13.2 Å². The van der Waals surface area contributed by atoms with Gasteiger partial charge < -0.3 is 14.6 Å². The molecule has 1 unspecified atom stereocenters. The van der Waals surface area contributed by atoms with Crippen molar-refractivity contribution in [3.8, 4) is 0 Å². The van der Waals surface area contributed by atoms with E-state index in [1.54, 1.807) is 5.19 Å². The van der Waals surface area contributed by atoms with E-state index in [2.05, 4.69) is 119 Å². The Balaban J connectivity index is 0.000000309. The lowest BCUT2D eigenvalue weighted by Crippen LogP contribution is -2.45. The van der Waals surface area contributed by atoms with Crippen molar-refractivity contribution in [2.45, 2.75) is 142 Å². The first-order chi connectivity index (χ1) is 19.7. The first-order valence-corrected chi connectivity index (χ1v) is 19.8. The SMILES string of the molecule is CC(C)(C)[SiH](c1ccc(CC(=O)O)cc1)C(C)(C)C.CC(C)(C)[SiH](c1ccc(CCOC2CCCCO2)cc1)C(C)(C)C. The average Bonchev–Trinajstić information content (AvgIpc) is 2.84. The van der Waals surface area contributed by atoms with Crippen LogP contribution >= 0.6 is 0 Å². The first kappa shape index (κ1) is 37.5. The highest BCUT2D eigenvalue weighted by Gasteiger charge is 2.38. The Morgan fingerprint density at radius 3 is 1.49 bits per heavy atom. The van der Waals surface area contributed by atoms with Crippen molar-refractivity contribution in [3.05, 3.63) is 59.7 Å². The van der Waals surface area contributed by atoms with Gasteiger partial charge in [-0.3, -0.25) is 4.79 Å². The monoisotopic (exact) mass is 626 g/mol. The van der Waals surface area contributed by atoms with Gasteiger partial charge in [-0.15, -0.1) is 0 Å². The Morgan fingerprint density at radius 2 is 1.14 bits per heavy atom. The smallest absolute Gasteiger partial charge is 0.307 e. The third-order valence-corrected chi connectivity index (χ3v) is 17.3. The summed E-state index contributed by atoms with van der Waals surface area (Å²) in [6, 6.07) is 17.6. The van der Waals surface area contributed by atoms with Gasteiger partial charge in [-0.05, 0) is 57.0 Å². The van der Waals surface area contributed by atoms with Crippen LogP contribution < -0.4 is 10.4 Å². The second-order valence-corrected chi connectivity index (χ2v) is 26.8. The van der Waals surface area contributed by atoms with Gasteiger partial charge in [0.1, 0.15) is 0 Å². The van der Waals surface area contributed by atoms with Gasteiger partial charge in [0, 0.05) is 6.61 Å². The molecule has 0 aliphatic carbocycles. The molecule has 1 aliphatic rings. The molecule has 2 aromatic carbocycles. The minimum absolute atomic E-state index is 0.0246. The lowest BCUT2D eigenvalue weighted by atomic mass is 10.1. The van der Waals surface area contributed by atoms with Crippen LogP contribution in [0.15, 0.2) is 48.5 Å². The number of rotatable bonds is 8. The topological polar surface area (TPSA) is 55.8 Å². The van der Waals surface area contributed by atoms with Gasteiger partial charge >= 0.3 is 5.97 Å². The summed E-state index contributed by atoms with van der Waals surface area (Å²) < 4.78 is 11.5. The summed E-state index contributed by atoms with van der Waals surface area (Å²) in [4.78, 5) is 10.7. The zero-order valence-corrected chi connectivity index (χ0v) is 31.8. The number of ether oxygens (including phenoxy) is 2. The maximum Gasteiger partial charge on any atom is 0.307 e. The standard InChI is InChI=1S/C21H36O2Si.C16H26O2Si/c1-20(2,3)24(21(4,5)6)18-12-10-17(11-13-18)14-16-23-19-9-7-8-15-22-19;1-15(2,3)19(16(4,5)6)13-9-7-12(8-10-13)11-14(17)18/h10-13,19,24H,7-9,14-16H2,1-6H3;7-10,19H,11H2,1-6H3,(H,17,18). The van der Waals surface area contributed by atoms with E-state index in [1.807, 2.05) is 12.1 Å². The fourth-order valence-electron chi connectivity index (χ4n) is 7.63. The highest BCUT2D eigenvalue weighted by molar-refractivity contribution is 6.78. The van der Waals surface area contributed by atoms with Crippen LogP contribution in [0.3, 0.4) is 0 Å². The molecule has 6 heteroatoms. The summed E-state index contributed by atoms with van der Waals surface area (Å²) in [5.41, 5.74) is 2.25. The molecule has 3 rings (SSSR count).